The zero-order valence-electron chi connectivity index (χ0n) is 10.6. The summed E-state index contributed by atoms with van der Waals surface area (Å²) in [6.45, 7) is 7.26. The summed E-state index contributed by atoms with van der Waals surface area (Å²) in [5.74, 6) is 0.528. The third kappa shape index (κ3) is 4.75. The van der Waals surface area contributed by atoms with Crippen LogP contribution in [0.2, 0.25) is 5.02 Å². The summed E-state index contributed by atoms with van der Waals surface area (Å²) in [6.07, 6.45) is 4.68. The molecule has 3 N–H and O–H groups in total. The highest BCUT2D eigenvalue weighted by atomic mass is 35.5. The van der Waals surface area contributed by atoms with Crippen molar-refractivity contribution in [2.75, 3.05) is 12.3 Å². The Labute approximate surface area is 108 Å². The quantitative estimate of drug-likeness (QED) is 0.793. The van der Waals surface area contributed by atoms with E-state index in [1.165, 1.54) is 0 Å². The van der Waals surface area contributed by atoms with E-state index in [0.29, 0.717) is 16.9 Å². The summed E-state index contributed by atoms with van der Waals surface area (Å²) in [5.41, 5.74) is 7.85. The predicted octanol–water partition coefficient (Wildman–Crippen LogP) is 3.11. The molecular weight excluding hydrogens is 234 g/mol. The molecule has 0 unspecified atom stereocenters. The maximum absolute atomic E-state index is 5.91. The molecule has 0 bridgehead atoms. The van der Waals surface area contributed by atoms with Crippen LogP contribution >= 0.6 is 11.6 Å². The SMILES string of the molecule is CC(=CCCNC(C)C)c1cc(Cl)cnc1N. The van der Waals surface area contributed by atoms with E-state index in [1.807, 2.05) is 13.0 Å². The van der Waals surface area contributed by atoms with Crippen LogP contribution in [0.4, 0.5) is 5.82 Å². The summed E-state index contributed by atoms with van der Waals surface area (Å²) < 4.78 is 0. The molecule has 0 fully saturated rings. The number of pyridine rings is 1. The first-order chi connectivity index (χ1) is 8.00. The number of halogens is 1. The van der Waals surface area contributed by atoms with Gasteiger partial charge in [-0.2, -0.15) is 0 Å². The average Bonchev–Trinajstić information content (AvgIpc) is 2.27. The average molecular weight is 254 g/mol. The Morgan fingerprint density at radius 2 is 2.29 bits per heavy atom. The summed E-state index contributed by atoms with van der Waals surface area (Å²) in [7, 11) is 0. The fraction of sp³-hybridized carbons (Fsp3) is 0.462. The first-order valence-electron chi connectivity index (χ1n) is 5.82. The number of nitrogens with two attached hydrogens (primary N) is 1. The number of allylic oxidation sites excluding steroid dienone is 1. The third-order valence-corrected chi connectivity index (χ3v) is 2.66. The van der Waals surface area contributed by atoms with Crippen LogP contribution in [0.25, 0.3) is 5.57 Å². The molecule has 94 valence electrons. The Balaban J connectivity index is 2.65. The van der Waals surface area contributed by atoms with Gasteiger partial charge in [0.05, 0.1) is 5.02 Å². The highest BCUT2D eigenvalue weighted by Gasteiger charge is 2.03. The van der Waals surface area contributed by atoms with Gasteiger partial charge in [0.25, 0.3) is 0 Å². The molecule has 0 radical (unpaired) electrons. The summed E-state index contributed by atoms with van der Waals surface area (Å²) in [4.78, 5) is 4.05. The molecule has 0 aromatic carbocycles. The highest BCUT2D eigenvalue weighted by molar-refractivity contribution is 6.30. The second-order valence-corrected chi connectivity index (χ2v) is 4.81. The van der Waals surface area contributed by atoms with Crippen molar-refractivity contribution in [3.05, 3.63) is 28.9 Å². The molecule has 3 nitrogen and oxygen atoms in total. The first-order valence-corrected chi connectivity index (χ1v) is 6.20. The molecule has 0 aliphatic carbocycles. The van der Waals surface area contributed by atoms with Crippen LogP contribution in [0.5, 0.6) is 0 Å². The largest absolute Gasteiger partial charge is 0.383 e. The lowest BCUT2D eigenvalue weighted by atomic mass is 10.1. The van der Waals surface area contributed by atoms with Crippen molar-refractivity contribution in [2.24, 2.45) is 0 Å². The molecule has 0 saturated carbocycles. The number of anilines is 1. The monoisotopic (exact) mass is 253 g/mol. The van der Waals surface area contributed by atoms with Gasteiger partial charge in [0.1, 0.15) is 5.82 Å². The molecule has 0 aliphatic heterocycles. The minimum Gasteiger partial charge on any atom is -0.383 e. The van der Waals surface area contributed by atoms with Gasteiger partial charge in [-0.3, -0.25) is 0 Å². The Bertz CT molecular complexity index is 400. The van der Waals surface area contributed by atoms with Crippen LogP contribution in [-0.4, -0.2) is 17.6 Å². The third-order valence-electron chi connectivity index (χ3n) is 2.46. The van der Waals surface area contributed by atoms with E-state index >= 15 is 0 Å². The Morgan fingerprint density at radius 3 is 2.94 bits per heavy atom. The zero-order valence-corrected chi connectivity index (χ0v) is 11.4. The van der Waals surface area contributed by atoms with Gasteiger partial charge < -0.3 is 11.1 Å². The van der Waals surface area contributed by atoms with Crippen molar-refractivity contribution in [1.82, 2.24) is 10.3 Å². The van der Waals surface area contributed by atoms with Crippen molar-refractivity contribution >= 4 is 23.0 Å². The molecular formula is C13H20ClN3. The minimum absolute atomic E-state index is 0.515. The lowest BCUT2D eigenvalue weighted by Gasteiger charge is -2.08. The Kier molecular flexibility index (Phi) is 5.45. The minimum atomic E-state index is 0.515. The number of nitrogens with zero attached hydrogens (tertiary/aromatic N) is 1. The molecule has 1 rings (SSSR count). The number of hydrogen-bond donors (Lipinski definition) is 2. The fourth-order valence-corrected chi connectivity index (χ4v) is 1.69. The summed E-state index contributed by atoms with van der Waals surface area (Å²) in [5, 5.41) is 3.97. The topological polar surface area (TPSA) is 50.9 Å². The molecule has 0 aliphatic rings. The van der Waals surface area contributed by atoms with E-state index in [4.69, 9.17) is 17.3 Å². The second-order valence-electron chi connectivity index (χ2n) is 4.37. The maximum Gasteiger partial charge on any atom is 0.130 e. The van der Waals surface area contributed by atoms with Gasteiger partial charge in [-0.25, -0.2) is 4.98 Å². The van der Waals surface area contributed by atoms with Crippen LogP contribution < -0.4 is 11.1 Å². The molecule has 0 amide bonds. The van der Waals surface area contributed by atoms with Crippen molar-refractivity contribution < 1.29 is 0 Å². The van der Waals surface area contributed by atoms with E-state index in [1.54, 1.807) is 6.20 Å². The fourth-order valence-electron chi connectivity index (χ4n) is 1.54. The van der Waals surface area contributed by atoms with Gasteiger partial charge in [0, 0.05) is 17.8 Å². The van der Waals surface area contributed by atoms with Crippen LogP contribution in [-0.2, 0) is 0 Å². The maximum atomic E-state index is 5.91. The summed E-state index contributed by atoms with van der Waals surface area (Å²) >= 11 is 5.91. The number of nitrogens with one attached hydrogen (secondary N) is 1. The van der Waals surface area contributed by atoms with E-state index in [0.717, 1.165) is 24.1 Å². The molecule has 1 heterocycles. The molecule has 0 saturated heterocycles. The van der Waals surface area contributed by atoms with Crippen molar-refractivity contribution in [2.45, 2.75) is 33.2 Å². The molecule has 1 aromatic heterocycles. The van der Waals surface area contributed by atoms with Crippen LogP contribution in [0.3, 0.4) is 0 Å². The molecule has 0 atom stereocenters. The normalized spacial score (nSPS) is 12.2. The lowest BCUT2D eigenvalue weighted by molar-refractivity contribution is 0.595. The number of aromatic nitrogens is 1. The van der Waals surface area contributed by atoms with Crippen molar-refractivity contribution in [3.8, 4) is 0 Å². The summed E-state index contributed by atoms with van der Waals surface area (Å²) in [6, 6.07) is 2.37. The van der Waals surface area contributed by atoms with Gasteiger partial charge in [0.2, 0.25) is 0 Å². The van der Waals surface area contributed by atoms with Gasteiger partial charge in [0.15, 0.2) is 0 Å². The Hall–Kier alpha value is -1.06. The number of rotatable bonds is 5. The molecule has 1 aromatic rings. The van der Waals surface area contributed by atoms with Crippen LogP contribution in [0, 0.1) is 0 Å². The standard InChI is InChI=1S/C13H20ClN3/c1-9(2)16-6-4-5-10(3)12-7-11(14)8-17-13(12)15/h5,7-9,16H,4,6H2,1-3H3,(H2,15,17). The van der Waals surface area contributed by atoms with E-state index < -0.39 is 0 Å². The molecule has 17 heavy (non-hydrogen) atoms. The van der Waals surface area contributed by atoms with E-state index in [9.17, 15) is 0 Å². The first kappa shape index (κ1) is 14.0. The van der Waals surface area contributed by atoms with Gasteiger partial charge in [-0.05, 0) is 31.5 Å². The molecule has 4 heteroatoms. The van der Waals surface area contributed by atoms with Gasteiger partial charge in [-0.15, -0.1) is 0 Å². The van der Waals surface area contributed by atoms with Crippen LogP contribution in [0.15, 0.2) is 18.3 Å². The van der Waals surface area contributed by atoms with Crippen LogP contribution in [0.1, 0.15) is 32.8 Å². The lowest BCUT2D eigenvalue weighted by Crippen LogP contribution is -2.23. The number of hydrogen-bond acceptors (Lipinski definition) is 3. The zero-order chi connectivity index (χ0) is 12.8. The Morgan fingerprint density at radius 1 is 1.59 bits per heavy atom. The molecule has 0 spiro atoms. The highest BCUT2D eigenvalue weighted by Crippen LogP contribution is 2.22. The van der Waals surface area contributed by atoms with Crippen molar-refractivity contribution in [1.29, 1.82) is 0 Å². The second kappa shape index (κ2) is 6.62. The van der Waals surface area contributed by atoms with Gasteiger partial charge in [-0.1, -0.05) is 31.5 Å². The van der Waals surface area contributed by atoms with Crippen molar-refractivity contribution in [3.63, 3.8) is 0 Å². The predicted molar refractivity (Wildman–Crippen MR) is 75.1 cm³/mol. The smallest absolute Gasteiger partial charge is 0.130 e. The van der Waals surface area contributed by atoms with E-state index in [-0.39, 0.29) is 0 Å². The number of nitrogen functional groups attached to an aromatic ring is 1. The van der Waals surface area contributed by atoms with E-state index in [2.05, 4.69) is 30.2 Å². The van der Waals surface area contributed by atoms with Gasteiger partial charge >= 0.3 is 0 Å².